The number of allylic oxidation sites excluding steroid dienone is 2. The lowest BCUT2D eigenvalue weighted by atomic mass is 9.86. The highest BCUT2D eigenvalue weighted by Gasteiger charge is 2.15. The first-order valence-corrected chi connectivity index (χ1v) is 5.15. The Labute approximate surface area is 80.2 Å². The van der Waals surface area contributed by atoms with Gasteiger partial charge >= 0.3 is 0 Å². The summed E-state index contributed by atoms with van der Waals surface area (Å²) < 4.78 is 0. The normalized spacial score (nSPS) is 20.2. The third-order valence-corrected chi connectivity index (χ3v) is 2.60. The van der Waals surface area contributed by atoms with Crippen molar-refractivity contribution in [3.05, 3.63) is 11.8 Å². The molecule has 0 heterocycles. The Bertz CT molecular complexity index is 198. The molecule has 1 aliphatic carbocycles. The molecular weight excluding hydrogens is 162 g/mol. The van der Waals surface area contributed by atoms with Gasteiger partial charge in [-0.1, -0.05) is 32.1 Å². The summed E-state index contributed by atoms with van der Waals surface area (Å²) in [6.07, 6.45) is 8.65. The van der Waals surface area contributed by atoms with E-state index in [2.05, 4.69) is 0 Å². The van der Waals surface area contributed by atoms with Crippen LogP contribution in [0.5, 0.6) is 0 Å². The van der Waals surface area contributed by atoms with Crippen molar-refractivity contribution >= 4 is 5.78 Å². The van der Waals surface area contributed by atoms with Gasteiger partial charge in [-0.05, 0) is 18.9 Å². The van der Waals surface area contributed by atoms with E-state index in [1.54, 1.807) is 13.0 Å². The van der Waals surface area contributed by atoms with Gasteiger partial charge in [-0.2, -0.15) is 0 Å². The van der Waals surface area contributed by atoms with Crippen LogP contribution in [-0.4, -0.2) is 5.78 Å². The summed E-state index contributed by atoms with van der Waals surface area (Å²) in [5.74, 6) is 0.823. The minimum Gasteiger partial charge on any atom is -0.402 e. The molecule has 0 bridgehead atoms. The molecule has 1 aliphatic rings. The number of ketones is 1. The molecule has 2 N–H and O–H groups in total. The molecule has 13 heavy (non-hydrogen) atoms. The fourth-order valence-electron chi connectivity index (χ4n) is 1.99. The zero-order chi connectivity index (χ0) is 9.68. The second-order valence-electron chi connectivity index (χ2n) is 4.06. The van der Waals surface area contributed by atoms with Crippen LogP contribution in [0.4, 0.5) is 0 Å². The second kappa shape index (κ2) is 5.05. The summed E-state index contributed by atoms with van der Waals surface area (Å²) in [6, 6.07) is 0. The Morgan fingerprint density at radius 1 is 1.38 bits per heavy atom. The molecule has 1 rings (SSSR count). The maximum absolute atomic E-state index is 11.4. The quantitative estimate of drug-likeness (QED) is 0.679. The van der Waals surface area contributed by atoms with E-state index < -0.39 is 0 Å². The van der Waals surface area contributed by atoms with Crippen LogP contribution in [0, 0.1) is 5.92 Å². The highest BCUT2D eigenvalue weighted by atomic mass is 16.1. The highest BCUT2D eigenvalue weighted by molar-refractivity contribution is 5.90. The fourth-order valence-corrected chi connectivity index (χ4v) is 1.99. The predicted molar refractivity (Wildman–Crippen MR) is 54.1 cm³/mol. The van der Waals surface area contributed by atoms with Gasteiger partial charge in [0.25, 0.3) is 0 Å². The molecule has 0 amide bonds. The van der Waals surface area contributed by atoms with E-state index >= 15 is 0 Å². The predicted octanol–water partition coefficient (Wildman–Crippen LogP) is 2.39. The van der Waals surface area contributed by atoms with Gasteiger partial charge in [0.15, 0.2) is 5.78 Å². The van der Waals surface area contributed by atoms with Crippen LogP contribution < -0.4 is 5.73 Å². The van der Waals surface area contributed by atoms with Gasteiger partial charge in [0.1, 0.15) is 0 Å². The van der Waals surface area contributed by atoms with Crippen molar-refractivity contribution in [2.75, 3.05) is 0 Å². The molecule has 2 nitrogen and oxygen atoms in total. The van der Waals surface area contributed by atoms with E-state index in [4.69, 9.17) is 5.73 Å². The molecule has 0 atom stereocenters. The molecule has 0 aromatic rings. The van der Waals surface area contributed by atoms with Crippen molar-refractivity contribution < 1.29 is 4.79 Å². The van der Waals surface area contributed by atoms with Crippen molar-refractivity contribution in [1.29, 1.82) is 0 Å². The lowest BCUT2D eigenvalue weighted by Gasteiger charge is -2.19. The smallest absolute Gasteiger partial charge is 0.157 e. The van der Waals surface area contributed by atoms with E-state index in [9.17, 15) is 4.79 Å². The van der Waals surface area contributed by atoms with Crippen LogP contribution in [0.1, 0.15) is 45.4 Å². The molecule has 0 radical (unpaired) electrons. The molecule has 1 fully saturated rings. The minimum atomic E-state index is 0.201. The van der Waals surface area contributed by atoms with Gasteiger partial charge in [0.05, 0.1) is 0 Å². The van der Waals surface area contributed by atoms with E-state index in [1.807, 2.05) is 0 Å². The summed E-state index contributed by atoms with van der Waals surface area (Å²) in [5.41, 5.74) is 6.06. The zero-order valence-corrected chi connectivity index (χ0v) is 8.38. The van der Waals surface area contributed by atoms with Gasteiger partial charge in [-0.15, -0.1) is 0 Å². The summed E-state index contributed by atoms with van der Waals surface area (Å²) in [4.78, 5) is 11.4. The standard InChI is InChI=1S/C11H19NO/c1-9(12)7-11(13)8-10-5-3-2-4-6-10/h7,10H,2-6,8,12H2,1H3/b9-7-. The molecule has 0 unspecified atom stereocenters. The Morgan fingerprint density at radius 3 is 2.54 bits per heavy atom. The van der Waals surface area contributed by atoms with E-state index in [0.717, 1.165) is 0 Å². The highest BCUT2D eigenvalue weighted by Crippen LogP contribution is 2.26. The molecule has 0 spiro atoms. The Morgan fingerprint density at radius 2 is 2.00 bits per heavy atom. The number of carbonyl (C=O) groups is 1. The van der Waals surface area contributed by atoms with Gasteiger partial charge in [-0.25, -0.2) is 0 Å². The number of rotatable bonds is 3. The minimum absolute atomic E-state index is 0.201. The van der Waals surface area contributed by atoms with E-state index in [0.29, 0.717) is 18.0 Å². The first kappa shape index (κ1) is 10.3. The third kappa shape index (κ3) is 4.11. The topological polar surface area (TPSA) is 43.1 Å². The van der Waals surface area contributed by atoms with Crippen molar-refractivity contribution in [3.63, 3.8) is 0 Å². The van der Waals surface area contributed by atoms with Crippen LogP contribution in [0.3, 0.4) is 0 Å². The fraction of sp³-hybridized carbons (Fsp3) is 0.727. The van der Waals surface area contributed by atoms with Crippen LogP contribution in [0.15, 0.2) is 11.8 Å². The van der Waals surface area contributed by atoms with Crippen molar-refractivity contribution in [2.24, 2.45) is 11.7 Å². The number of hydrogen-bond donors (Lipinski definition) is 1. The van der Waals surface area contributed by atoms with Crippen LogP contribution in [-0.2, 0) is 4.79 Å². The lowest BCUT2D eigenvalue weighted by Crippen LogP contribution is -2.11. The van der Waals surface area contributed by atoms with Crippen LogP contribution in [0.25, 0.3) is 0 Å². The molecule has 74 valence electrons. The van der Waals surface area contributed by atoms with Gasteiger partial charge in [0.2, 0.25) is 0 Å². The molecule has 0 aromatic heterocycles. The first-order valence-electron chi connectivity index (χ1n) is 5.15. The molecule has 1 saturated carbocycles. The largest absolute Gasteiger partial charge is 0.402 e. The second-order valence-corrected chi connectivity index (χ2v) is 4.06. The summed E-state index contributed by atoms with van der Waals surface area (Å²) in [7, 11) is 0. The molecule has 0 aliphatic heterocycles. The van der Waals surface area contributed by atoms with E-state index in [-0.39, 0.29) is 5.78 Å². The summed E-state index contributed by atoms with van der Waals surface area (Å²) in [5, 5.41) is 0. The number of carbonyl (C=O) groups excluding carboxylic acids is 1. The summed E-state index contributed by atoms with van der Waals surface area (Å²) in [6.45, 7) is 1.76. The average Bonchev–Trinajstić information content (AvgIpc) is 2.04. The summed E-state index contributed by atoms with van der Waals surface area (Å²) >= 11 is 0. The molecular formula is C11H19NO. The first-order chi connectivity index (χ1) is 6.18. The van der Waals surface area contributed by atoms with Crippen LogP contribution >= 0.6 is 0 Å². The average molecular weight is 181 g/mol. The molecule has 2 heteroatoms. The SMILES string of the molecule is C/C(N)=C/C(=O)CC1CCCCC1. The monoisotopic (exact) mass is 181 g/mol. The lowest BCUT2D eigenvalue weighted by molar-refractivity contribution is -0.115. The Balaban J connectivity index is 2.30. The van der Waals surface area contributed by atoms with Crippen molar-refractivity contribution in [3.8, 4) is 0 Å². The Hall–Kier alpha value is -0.790. The van der Waals surface area contributed by atoms with E-state index in [1.165, 1.54) is 32.1 Å². The number of nitrogens with two attached hydrogens (primary N) is 1. The third-order valence-electron chi connectivity index (χ3n) is 2.60. The maximum Gasteiger partial charge on any atom is 0.157 e. The molecule has 0 aromatic carbocycles. The van der Waals surface area contributed by atoms with Crippen LogP contribution in [0.2, 0.25) is 0 Å². The Kier molecular flexibility index (Phi) is 4.00. The van der Waals surface area contributed by atoms with Gasteiger partial charge in [0, 0.05) is 12.1 Å². The van der Waals surface area contributed by atoms with Crippen molar-refractivity contribution in [2.45, 2.75) is 45.4 Å². The molecule has 0 saturated heterocycles. The number of hydrogen-bond acceptors (Lipinski definition) is 2. The van der Waals surface area contributed by atoms with Gasteiger partial charge < -0.3 is 5.73 Å². The van der Waals surface area contributed by atoms with Crippen molar-refractivity contribution in [1.82, 2.24) is 0 Å². The maximum atomic E-state index is 11.4. The van der Waals surface area contributed by atoms with Gasteiger partial charge in [-0.3, -0.25) is 4.79 Å². The zero-order valence-electron chi connectivity index (χ0n) is 8.38.